The standard InChI is InChI=1S/C43H81NO12S/c1-3-5-7-9-11-13-15-17-18-19-20-22-24-26-28-30-32-37(47)42(50)44-35(36(46)31-29-27-25-23-21-16-14-12-10-8-6-4-2)34-54-43-40(49)41(56-57(51,52)53)39(48)38(33-45)55-43/h11,13,17-18,35-41,43,45-49H,3-10,12,14-16,19-34H2,1-2H3,(H,44,50)(H,51,52,53)/b13-11-,18-17-. The molecule has 0 saturated carbocycles. The molecule has 0 spiro atoms. The van der Waals surface area contributed by atoms with Crippen LogP contribution < -0.4 is 5.32 Å². The molecule has 7 N–H and O–H groups in total. The molecule has 1 heterocycles. The van der Waals surface area contributed by atoms with Gasteiger partial charge >= 0.3 is 10.4 Å². The van der Waals surface area contributed by atoms with E-state index in [-0.39, 0.29) is 6.42 Å². The topological polar surface area (TPSA) is 212 Å². The molecule has 0 aromatic heterocycles. The molecule has 1 rings (SSSR count). The van der Waals surface area contributed by atoms with Crippen molar-refractivity contribution in [2.45, 2.75) is 230 Å². The summed E-state index contributed by atoms with van der Waals surface area (Å²) in [4.78, 5) is 13.1. The minimum atomic E-state index is -5.11. The van der Waals surface area contributed by atoms with E-state index in [9.17, 15) is 38.7 Å². The van der Waals surface area contributed by atoms with Crippen LogP contribution in [-0.4, -0.2) is 107 Å². The zero-order chi connectivity index (χ0) is 42.2. The van der Waals surface area contributed by atoms with Crippen molar-refractivity contribution >= 4 is 16.3 Å². The van der Waals surface area contributed by atoms with E-state index in [1.165, 1.54) is 70.6 Å². The largest absolute Gasteiger partial charge is 0.397 e. The molecule has 1 aliphatic heterocycles. The van der Waals surface area contributed by atoms with Crippen molar-refractivity contribution < 1.29 is 57.0 Å². The minimum absolute atomic E-state index is 0.248. The maximum Gasteiger partial charge on any atom is 0.397 e. The highest BCUT2D eigenvalue weighted by atomic mass is 32.3. The molecule has 8 atom stereocenters. The van der Waals surface area contributed by atoms with Gasteiger partial charge in [0.15, 0.2) is 6.29 Å². The van der Waals surface area contributed by atoms with E-state index in [0.29, 0.717) is 19.3 Å². The molecule has 1 amide bonds. The lowest BCUT2D eigenvalue weighted by Gasteiger charge is -2.41. The van der Waals surface area contributed by atoms with Gasteiger partial charge < -0.3 is 40.3 Å². The number of nitrogens with one attached hydrogen (secondary N) is 1. The molecular formula is C43H81NO12S. The van der Waals surface area contributed by atoms with Gasteiger partial charge in [-0.2, -0.15) is 8.42 Å². The lowest BCUT2D eigenvalue weighted by Crippen LogP contribution is -2.61. The van der Waals surface area contributed by atoms with E-state index in [1.54, 1.807) is 0 Å². The highest BCUT2D eigenvalue weighted by Gasteiger charge is 2.48. The van der Waals surface area contributed by atoms with Crippen LogP contribution >= 0.6 is 0 Å². The summed E-state index contributed by atoms with van der Waals surface area (Å²) in [6, 6.07) is -1.04. The van der Waals surface area contributed by atoms with E-state index in [0.717, 1.165) is 70.6 Å². The van der Waals surface area contributed by atoms with E-state index >= 15 is 0 Å². The summed E-state index contributed by atoms with van der Waals surface area (Å²) in [7, 11) is -5.11. The maximum absolute atomic E-state index is 13.1. The van der Waals surface area contributed by atoms with E-state index < -0.39 is 78.5 Å². The highest BCUT2D eigenvalue weighted by Crippen LogP contribution is 2.26. The average Bonchev–Trinajstić information content (AvgIpc) is 3.18. The molecule has 0 aromatic carbocycles. The van der Waals surface area contributed by atoms with E-state index in [1.807, 2.05) is 0 Å². The van der Waals surface area contributed by atoms with Gasteiger partial charge in [-0.1, -0.05) is 160 Å². The minimum Gasteiger partial charge on any atom is -0.394 e. The van der Waals surface area contributed by atoms with Gasteiger partial charge in [0.1, 0.15) is 30.5 Å². The summed E-state index contributed by atoms with van der Waals surface area (Å²) in [5.74, 6) is -0.679. The predicted molar refractivity (Wildman–Crippen MR) is 224 cm³/mol. The third-order valence-corrected chi connectivity index (χ3v) is 11.1. The first kappa shape index (κ1) is 53.6. The quantitative estimate of drug-likeness (QED) is 0.0189. The second-order valence-corrected chi connectivity index (χ2v) is 16.8. The first-order valence-corrected chi connectivity index (χ1v) is 23.7. The number of allylic oxidation sites excluding steroid dienone is 4. The smallest absolute Gasteiger partial charge is 0.394 e. The van der Waals surface area contributed by atoms with Crippen molar-refractivity contribution in [1.82, 2.24) is 5.32 Å². The Hall–Kier alpha value is -1.46. The number of carbonyl (C=O) groups is 1. The van der Waals surface area contributed by atoms with Gasteiger partial charge in [-0.3, -0.25) is 9.35 Å². The zero-order valence-corrected chi connectivity index (χ0v) is 36.1. The van der Waals surface area contributed by atoms with Crippen molar-refractivity contribution in [1.29, 1.82) is 0 Å². The van der Waals surface area contributed by atoms with Gasteiger partial charge in [0.2, 0.25) is 5.91 Å². The summed E-state index contributed by atoms with van der Waals surface area (Å²) < 4.78 is 47.5. The van der Waals surface area contributed by atoms with E-state index in [2.05, 4.69) is 47.7 Å². The van der Waals surface area contributed by atoms with Crippen LogP contribution in [-0.2, 0) is 28.9 Å². The molecule has 0 aliphatic carbocycles. The number of unbranched alkanes of at least 4 members (excludes halogenated alkanes) is 20. The van der Waals surface area contributed by atoms with E-state index in [4.69, 9.17) is 14.0 Å². The molecule has 0 aromatic rings. The Kier molecular flexibility index (Phi) is 32.2. The molecule has 13 nitrogen and oxygen atoms in total. The molecule has 336 valence electrons. The number of carbonyl (C=O) groups excluding carboxylic acids is 1. The first-order valence-electron chi connectivity index (χ1n) is 22.3. The predicted octanol–water partition coefficient (Wildman–Crippen LogP) is 7.13. The lowest BCUT2D eigenvalue weighted by atomic mass is 9.99. The van der Waals surface area contributed by atoms with Crippen LogP contribution in [0.15, 0.2) is 24.3 Å². The Morgan fingerprint density at radius 3 is 1.70 bits per heavy atom. The van der Waals surface area contributed by atoms with Gasteiger partial charge in [-0.05, 0) is 44.9 Å². The first-order chi connectivity index (χ1) is 27.4. The third-order valence-electron chi connectivity index (χ3n) is 10.6. The normalized spacial score (nSPS) is 22.0. The van der Waals surface area contributed by atoms with Gasteiger partial charge in [0.25, 0.3) is 0 Å². The summed E-state index contributed by atoms with van der Waals surface area (Å²) in [6.07, 6.45) is 25.0. The number of hydrogen-bond acceptors (Lipinski definition) is 11. The fraction of sp³-hybridized carbons (Fsp3) is 0.884. The number of rotatable bonds is 37. The third kappa shape index (κ3) is 27.1. The second-order valence-electron chi connectivity index (χ2n) is 15.8. The summed E-state index contributed by atoms with van der Waals surface area (Å²) in [5.41, 5.74) is 0. The molecule has 8 unspecified atom stereocenters. The highest BCUT2D eigenvalue weighted by molar-refractivity contribution is 7.80. The van der Waals surface area contributed by atoms with Crippen molar-refractivity contribution in [3.63, 3.8) is 0 Å². The summed E-state index contributed by atoms with van der Waals surface area (Å²) in [6.45, 7) is 3.22. The monoisotopic (exact) mass is 836 g/mol. The molecule has 1 saturated heterocycles. The van der Waals surface area contributed by atoms with Crippen molar-refractivity contribution in [2.24, 2.45) is 0 Å². The number of aliphatic hydroxyl groups is 5. The van der Waals surface area contributed by atoms with Crippen LogP contribution in [0, 0.1) is 0 Å². The second kappa shape index (κ2) is 34.3. The molecule has 0 bridgehead atoms. The summed E-state index contributed by atoms with van der Waals surface area (Å²) >= 11 is 0. The zero-order valence-electron chi connectivity index (χ0n) is 35.3. The van der Waals surface area contributed by atoms with Crippen molar-refractivity contribution in [2.75, 3.05) is 13.2 Å². The van der Waals surface area contributed by atoms with Crippen LogP contribution in [0.5, 0.6) is 0 Å². The fourth-order valence-corrected chi connectivity index (χ4v) is 7.53. The molecule has 14 heteroatoms. The Bertz CT molecular complexity index is 1140. The molecule has 1 fully saturated rings. The molecule has 57 heavy (non-hydrogen) atoms. The van der Waals surface area contributed by atoms with Gasteiger partial charge in [-0.15, -0.1) is 0 Å². The number of amides is 1. The van der Waals surface area contributed by atoms with Crippen LogP contribution in [0.2, 0.25) is 0 Å². The maximum atomic E-state index is 13.1. The SMILES string of the molecule is CCCCC/C=C\C/C=C\CCCCCCCCC(O)C(=O)NC(COC1OC(CO)C(O)C(OS(=O)(=O)O)C1O)C(O)CCCCCCCCCCCCCC. The molecule has 1 aliphatic rings. The van der Waals surface area contributed by atoms with Gasteiger partial charge in [0, 0.05) is 0 Å². The Balaban J connectivity index is 2.59. The fourth-order valence-electron chi connectivity index (χ4n) is 7.02. The van der Waals surface area contributed by atoms with Crippen LogP contribution in [0.4, 0.5) is 0 Å². The number of aliphatic hydroxyl groups excluding tert-OH is 5. The Morgan fingerprint density at radius 1 is 0.702 bits per heavy atom. The van der Waals surface area contributed by atoms with Gasteiger partial charge in [-0.25, -0.2) is 4.18 Å². The molecule has 0 radical (unpaired) electrons. The summed E-state index contributed by atoms with van der Waals surface area (Å²) in [5, 5.41) is 55.2. The number of ether oxygens (including phenoxy) is 2. The Labute approximate surface area is 345 Å². The van der Waals surface area contributed by atoms with Crippen LogP contribution in [0.1, 0.15) is 181 Å². The molecular weight excluding hydrogens is 755 g/mol. The number of hydrogen-bond donors (Lipinski definition) is 7. The average molecular weight is 836 g/mol. The van der Waals surface area contributed by atoms with Crippen LogP contribution in [0.25, 0.3) is 0 Å². The lowest BCUT2D eigenvalue weighted by molar-refractivity contribution is -0.298. The van der Waals surface area contributed by atoms with Crippen LogP contribution in [0.3, 0.4) is 0 Å². The van der Waals surface area contributed by atoms with Gasteiger partial charge in [0.05, 0.1) is 25.4 Å². The van der Waals surface area contributed by atoms with Crippen molar-refractivity contribution in [3.8, 4) is 0 Å². The Morgan fingerprint density at radius 2 is 1.18 bits per heavy atom. The van der Waals surface area contributed by atoms with Crippen molar-refractivity contribution in [3.05, 3.63) is 24.3 Å².